The average Bonchev–Trinajstić information content (AvgIpc) is 3.30. The molecule has 1 aromatic carbocycles. The predicted molar refractivity (Wildman–Crippen MR) is 112 cm³/mol. The third kappa shape index (κ3) is 4.12. The molecular formula is C19H24ClN5OS. The molecule has 4 rings (SSSR count). The van der Waals surface area contributed by atoms with Crippen molar-refractivity contribution in [2.75, 3.05) is 30.3 Å². The lowest BCUT2D eigenvalue weighted by Gasteiger charge is -2.32. The molecule has 1 unspecified atom stereocenters. The number of carbonyl (C=O) groups is 1. The zero-order chi connectivity index (χ0) is 18.8. The maximum absolute atomic E-state index is 12.4. The van der Waals surface area contributed by atoms with E-state index in [4.69, 9.17) is 17.3 Å². The molecule has 6 nitrogen and oxygen atoms in total. The van der Waals surface area contributed by atoms with E-state index in [0.29, 0.717) is 23.3 Å². The Bertz CT molecular complexity index is 816. The van der Waals surface area contributed by atoms with Crippen LogP contribution in [0.1, 0.15) is 22.4 Å². The van der Waals surface area contributed by atoms with Crippen LogP contribution in [-0.2, 0) is 19.5 Å². The van der Waals surface area contributed by atoms with E-state index in [2.05, 4.69) is 20.9 Å². The van der Waals surface area contributed by atoms with Crippen molar-refractivity contribution in [1.82, 2.24) is 10.2 Å². The first-order chi connectivity index (χ1) is 13.1. The largest absolute Gasteiger partial charge is 0.326 e. The molecule has 0 spiro atoms. The van der Waals surface area contributed by atoms with Gasteiger partial charge in [0.25, 0.3) is 0 Å². The minimum atomic E-state index is -0.262. The minimum Gasteiger partial charge on any atom is -0.326 e. The number of amides is 2. The Hall–Kier alpha value is -1.64. The summed E-state index contributed by atoms with van der Waals surface area (Å²) in [6, 6.07) is 7.41. The van der Waals surface area contributed by atoms with Gasteiger partial charge in [0.05, 0.1) is 0 Å². The van der Waals surface area contributed by atoms with Crippen LogP contribution in [0.2, 0.25) is 5.02 Å². The fourth-order valence-corrected chi connectivity index (χ4v) is 5.29. The highest BCUT2D eigenvalue weighted by molar-refractivity contribution is 7.16. The summed E-state index contributed by atoms with van der Waals surface area (Å²) in [4.78, 5) is 16.3. The summed E-state index contributed by atoms with van der Waals surface area (Å²) in [6.07, 6.45) is 2.20. The summed E-state index contributed by atoms with van der Waals surface area (Å²) < 4.78 is 0. The zero-order valence-corrected chi connectivity index (χ0v) is 16.6. The summed E-state index contributed by atoms with van der Waals surface area (Å²) in [7, 11) is 0. The molecule has 0 radical (unpaired) electrons. The van der Waals surface area contributed by atoms with Crippen LogP contribution in [0.3, 0.4) is 0 Å². The summed E-state index contributed by atoms with van der Waals surface area (Å²) >= 11 is 7.54. The highest BCUT2D eigenvalue weighted by Gasteiger charge is 2.29. The second kappa shape index (κ2) is 8.16. The number of nitrogens with one attached hydrogen (secondary N) is 3. The van der Waals surface area contributed by atoms with Crippen LogP contribution in [0.15, 0.2) is 24.3 Å². The van der Waals surface area contributed by atoms with Gasteiger partial charge in [-0.3, -0.25) is 10.2 Å². The van der Waals surface area contributed by atoms with Gasteiger partial charge < -0.3 is 16.4 Å². The third-order valence-electron chi connectivity index (χ3n) is 5.28. The fraction of sp³-hybridized carbons (Fsp3) is 0.421. The second-order valence-corrected chi connectivity index (χ2v) is 8.51. The summed E-state index contributed by atoms with van der Waals surface area (Å²) in [5.74, 6) is 0. The van der Waals surface area contributed by atoms with Crippen LogP contribution in [0.25, 0.3) is 0 Å². The number of nitrogens with two attached hydrogens (primary N) is 1. The van der Waals surface area contributed by atoms with Crippen LogP contribution in [-0.4, -0.2) is 36.6 Å². The average molecular weight is 406 g/mol. The normalized spacial score (nSPS) is 19.7. The van der Waals surface area contributed by atoms with Gasteiger partial charge in [-0.05, 0) is 49.2 Å². The maximum Gasteiger partial charge on any atom is 0.324 e. The van der Waals surface area contributed by atoms with Crippen molar-refractivity contribution in [3.8, 4) is 0 Å². The molecule has 2 aliphatic heterocycles. The first-order valence-corrected chi connectivity index (χ1v) is 10.5. The highest BCUT2D eigenvalue weighted by Crippen LogP contribution is 2.37. The molecule has 1 aromatic heterocycles. The van der Waals surface area contributed by atoms with Crippen LogP contribution >= 0.6 is 22.9 Å². The van der Waals surface area contributed by atoms with Gasteiger partial charge in [0.15, 0.2) is 0 Å². The smallest absolute Gasteiger partial charge is 0.324 e. The number of anilines is 2. The van der Waals surface area contributed by atoms with E-state index < -0.39 is 0 Å². The molecule has 2 aliphatic rings. The van der Waals surface area contributed by atoms with Crippen molar-refractivity contribution in [3.63, 3.8) is 0 Å². The van der Waals surface area contributed by atoms with Gasteiger partial charge in [0, 0.05) is 53.4 Å². The van der Waals surface area contributed by atoms with Gasteiger partial charge >= 0.3 is 6.03 Å². The van der Waals surface area contributed by atoms with Crippen molar-refractivity contribution >= 4 is 39.7 Å². The van der Waals surface area contributed by atoms with Crippen molar-refractivity contribution in [1.29, 1.82) is 0 Å². The molecule has 8 heteroatoms. The lowest BCUT2D eigenvalue weighted by Crippen LogP contribution is -2.40. The van der Waals surface area contributed by atoms with E-state index in [9.17, 15) is 4.79 Å². The quantitative estimate of drug-likeness (QED) is 0.629. The van der Waals surface area contributed by atoms with Gasteiger partial charge in [-0.2, -0.15) is 0 Å². The minimum absolute atomic E-state index is 0.262. The molecule has 0 saturated carbocycles. The SMILES string of the molecule is NCc1c(NC(=O)Nc2ccc(Cl)cc2)sc2c1CCN(C1CCNC1)C2. The number of carbonyl (C=O) groups excluding carboxylic acids is 1. The predicted octanol–water partition coefficient (Wildman–Crippen LogP) is 3.22. The van der Waals surface area contributed by atoms with Gasteiger partial charge in [0.1, 0.15) is 5.00 Å². The Balaban J connectivity index is 1.46. The first kappa shape index (κ1) is 18.7. The van der Waals surface area contributed by atoms with Gasteiger partial charge in [0.2, 0.25) is 0 Å². The number of nitrogens with zero attached hydrogens (tertiary/aromatic N) is 1. The monoisotopic (exact) mass is 405 g/mol. The Labute approximate surface area is 168 Å². The topological polar surface area (TPSA) is 82.4 Å². The van der Waals surface area contributed by atoms with E-state index in [1.165, 1.54) is 16.9 Å². The Morgan fingerprint density at radius 3 is 2.85 bits per heavy atom. The molecule has 1 saturated heterocycles. The van der Waals surface area contributed by atoms with Crippen LogP contribution in [0.4, 0.5) is 15.5 Å². The number of urea groups is 1. The maximum atomic E-state index is 12.4. The third-order valence-corrected chi connectivity index (χ3v) is 6.71. The molecule has 0 bridgehead atoms. The summed E-state index contributed by atoms with van der Waals surface area (Å²) in [6.45, 7) is 4.61. The summed E-state index contributed by atoms with van der Waals surface area (Å²) in [5.41, 5.74) is 9.12. The van der Waals surface area contributed by atoms with Crippen LogP contribution in [0, 0.1) is 0 Å². The van der Waals surface area contributed by atoms with E-state index in [0.717, 1.165) is 43.2 Å². The molecular weight excluding hydrogens is 382 g/mol. The number of halogens is 1. The number of thiophene rings is 1. The number of rotatable bonds is 4. The van der Waals surface area contributed by atoms with Gasteiger partial charge in [-0.1, -0.05) is 11.6 Å². The molecule has 1 atom stereocenters. The molecule has 2 aromatic rings. The second-order valence-electron chi connectivity index (χ2n) is 6.97. The number of hydrogen-bond acceptors (Lipinski definition) is 5. The Morgan fingerprint density at radius 2 is 2.15 bits per heavy atom. The molecule has 0 aliphatic carbocycles. The van der Waals surface area contributed by atoms with Crippen molar-refractivity contribution in [3.05, 3.63) is 45.3 Å². The van der Waals surface area contributed by atoms with Crippen LogP contribution in [0.5, 0.6) is 0 Å². The molecule has 27 heavy (non-hydrogen) atoms. The highest BCUT2D eigenvalue weighted by atomic mass is 35.5. The Morgan fingerprint density at radius 1 is 1.33 bits per heavy atom. The molecule has 1 fully saturated rings. The number of fused-ring (bicyclic) bond motifs is 1. The van der Waals surface area contributed by atoms with E-state index in [1.54, 1.807) is 35.6 Å². The van der Waals surface area contributed by atoms with Crippen molar-refractivity contribution in [2.24, 2.45) is 5.73 Å². The fourth-order valence-electron chi connectivity index (χ4n) is 3.87. The van der Waals surface area contributed by atoms with E-state index in [1.807, 2.05) is 0 Å². The molecule has 5 N–H and O–H groups in total. The lowest BCUT2D eigenvalue weighted by atomic mass is 10.0. The van der Waals surface area contributed by atoms with E-state index >= 15 is 0 Å². The first-order valence-electron chi connectivity index (χ1n) is 9.26. The van der Waals surface area contributed by atoms with Crippen LogP contribution < -0.4 is 21.7 Å². The van der Waals surface area contributed by atoms with Gasteiger partial charge in [-0.25, -0.2) is 4.79 Å². The molecule has 144 valence electrons. The van der Waals surface area contributed by atoms with E-state index in [-0.39, 0.29) is 6.03 Å². The Kier molecular flexibility index (Phi) is 5.66. The number of hydrogen-bond donors (Lipinski definition) is 4. The summed E-state index contributed by atoms with van der Waals surface area (Å²) in [5, 5.41) is 10.8. The lowest BCUT2D eigenvalue weighted by molar-refractivity contribution is 0.192. The van der Waals surface area contributed by atoms with Crippen molar-refractivity contribution in [2.45, 2.75) is 32.0 Å². The van der Waals surface area contributed by atoms with Gasteiger partial charge in [-0.15, -0.1) is 11.3 Å². The standard InChI is InChI=1S/C19H24ClN5OS/c20-12-1-3-13(4-2-12)23-19(26)24-18-16(9-21)15-6-8-25(11-17(15)27-18)14-5-7-22-10-14/h1-4,14,22H,5-11,21H2,(H2,23,24,26). The molecule has 3 heterocycles. The number of benzene rings is 1. The molecule has 2 amide bonds. The van der Waals surface area contributed by atoms with Crippen molar-refractivity contribution < 1.29 is 4.79 Å². The zero-order valence-electron chi connectivity index (χ0n) is 15.1.